The SMILES string of the molecule is COc1ccc(OC)c(NC(=O)c2cnc(-c3ccccc3)nc2C)c1. The molecule has 0 saturated heterocycles. The van der Waals surface area contributed by atoms with Gasteiger partial charge in [-0.1, -0.05) is 30.3 Å². The first-order valence-corrected chi connectivity index (χ1v) is 8.05. The molecule has 1 heterocycles. The van der Waals surface area contributed by atoms with Crippen LogP contribution in [-0.2, 0) is 0 Å². The summed E-state index contributed by atoms with van der Waals surface area (Å²) in [6.45, 7) is 1.78. The highest BCUT2D eigenvalue weighted by Crippen LogP contribution is 2.29. The standard InChI is InChI=1S/C20H19N3O3/c1-13-16(12-21-19(22-13)14-7-5-4-6-8-14)20(24)23-17-11-15(25-2)9-10-18(17)26-3/h4-12H,1-3H3,(H,23,24). The highest BCUT2D eigenvalue weighted by Gasteiger charge is 2.15. The van der Waals surface area contributed by atoms with Crippen molar-refractivity contribution in [3.8, 4) is 22.9 Å². The largest absolute Gasteiger partial charge is 0.497 e. The van der Waals surface area contributed by atoms with Crippen LogP contribution >= 0.6 is 0 Å². The maximum atomic E-state index is 12.7. The molecule has 0 radical (unpaired) electrons. The van der Waals surface area contributed by atoms with Crippen LogP contribution < -0.4 is 14.8 Å². The molecule has 0 saturated carbocycles. The molecule has 6 nitrogen and oxygen atoms in total. The van der Waals surface area contributed by atoms with Crippen molar-refractivity contribution in [2.24, 2.45) is 0 Å². The van der Waals surface area contributed by atoms with Gasteiger partial charge in [0.1, 0.15) is 11.5 Å². The minimum Gasteiger partial charge on any atom is -0.497 e. The Hall–Kier alpha value is -3.41. The number of nitrogens with one attached hydrogen (secondary N) is 1. The maximum absolute atomic E-state index is 12.7. The summed E-state index contributed by atoms with van der Waals surface area (Å²) in [5, 5.41) is 2.83. The summed E-state index contributed by atoms with van der Waals surface area (Å²) in [5.41, 5.74) is 2.41. The summed E-state index contributed by atoms with van der Waals surface area (Å²) in [5.74, 6) is 1.43. The smallest absolute Gasteiger partial charge is 0.259 e. The second-order valence-electron chi connectivity index (χ2n) is 5.58. The van der Waals surface area contributed by atoms with Gasteiger partial charge in [-0.3, -0.25) is 4.79 Å². The number of benzene rings is 2. The molecule has 0 unspecified atom stereocenters. The highest BCUT2D eigenvalue weighted by molar-refractivity contribution is 6.05. The van der Waals surface area contributed by atoms with Gasteiger partial charge in [-0.2, -0.15) is 0 Å². The van der Waals surface area contributed by atoms with Gasteiger partial charge >= 0.3 is 0 Å². The third kappa shape index (κ3) is 3.64. The zero-order valence-electron chi connectivity index (χ0n) is 14.8. The Bertz CT molecular complexity index is 927. The molecule has 3 aromatic rings. The number of amides is 1. The van der Waals surface area contributed by atoms with Crippen molar-refractivity contribution in [2.75, 3.05) is 19.5 Å². The van der Waals surface area contributed by atoms with Crippen molar-refractivity contribution in [2.45, 2.75) is 6.92 Å². The van der Waals surface area contributed by atoms with E-state index >= 15 is 0 Å². The minimum atomic E-state index is -0.311. The summed E-state index contributed by atoms with van der Waals surface area (Å²) < 4.78 is 10.5. The fourth-order valence-corrected chi connectivity index (χ4v) is 2.52. The molecule has 0 spiro atoms. The fourth-order valence-electron chi connectivity index (χ4n) is 2.52. The molecule has 1 amide bonds. The van der Waals surface area contributed by atoms with Gasteiger partial charge in [0.15, 0.2) is 5.82 Å². The second-order valence-corrected chi connectivity index (χ2v) is 5.58. The Kier molecular flexibility index (Phi) is 5.12. The predicted octanol–water partition coefficient (Wildman–Crippen LogP) is 3.72. The molecule has 2 aromatic carbocycles. The number of methoxy groups -OCH3 is 2. The Morgan fingerprint density at radius 2 is 1.81 bits per heavy atom. The number of hydrogen-bond donors (Lipinski definition) is 1. The lowest BCUT2D eigenvalue weighted by molar-refractivity contribution is 0.102. The van der Waals surface area contributed by atoms with E-state index in [1.165, 1.54) is 6.20 Å². The van der Waals surface area contributed by atoms with Gasteiger partial charge in [-0.05, 0) is 19.1 Å². The van der Waals surface area contributed by atoms with Crippen molar-refractivity contribution in [1.29, 1.82) is 0 Å². The lowest BCUT2D eigenvalue weighted by Gasteiger charge is -2.12. The van der Waals surface area contributed by atoms with Crippen molar-refractivity contribution in [1.82, 2.24) is 9.97 Å². The molecule has 0 atom stereocenters. The van der Waals surface area contributed by atoms with Crippen molar-refractivity contribution in [3.05, 3.63) is 66.0 Å². The van der Waals surface area contributed by atoms with Crippen LogP contribution in [0.4, 0.5) is 5.69 Å². The Labute approximate surface area is 151 Å². The molecular formula is C20H19N3O3. The van der Waals surface area contributed by atoms with E-state index in [0.717, 1.165) is 5.56 Å². The maximum Gasteiger partial charge on any atom is 0.259 e. The molecule has 1 N–H and O–H groups in total. The first-order valence-electron chi connectivity index (χ1n) is 8.05. The highest BCUT2D eigenvalue weighted by atomic mass is 16.5. The predicted molar refractivity (Wildman–Crippen MR) is 99.7 cm³/mol. The number of aromatic nitrogens is 2. The van der Waals surface area contributed by atoms with E-state index in [2.05, 4.69) is 15.3 Å². The molecule has 1 aromatic heterocycles. The number of carbonyl (C=O) groups is 1. The third-order valence-electron chi connectivity index (χ3n) is 3.91. The monoisotopic (exact) mass is 349 g/mol. The topological polar surface area (TPSA) is 73.3 Å². The molecule has 6 heteroatoms. The Morgan fingerprint density at radius 3 is 2.46 bits per heavy atom. The van der Waals surface area contributed by atoms with Gasteiger partial charge in [-0.25, -0.2) is 9.97 Å². The zero-order chi connectivity index (χ0) is 18.5. The van der Waals surface area contributed by atoms with E-state index < -0.39 is 0 Å². The number of hydrogen-bond acceptors (Lipinski definition) is 5. The lowest BCUT2D eigenvalue weighted by atomic mass is 10.1. The van der Waals surface area contributed by atoms with Gasteiger partial charge in [0, 0.05) is 17.8 Å². The van der Waals surface area contributed by atoms with Crippen LogP contribution in [0.2, 0.25) is 0 Å². The molecule has 0 aliphatic heterocycles. The van der Waals surface area contributed by atoms with E-state index in [1.807, 2.05) is 30.3 Å². The Morgan fingerprint density at radius 1 is 1.04 bits per heavy atom. The summed E-state index contributed by atoms with van der Waals surface area (Å²) in [7, 11) is 3.11. The van der Waals surface area contributed by atoms with Gasteiger partial charge in [0.2, 0.25) is 0 Å². The molecule has 132 valence electrons. The van der Waals surface area contributed by atoms with Gasteiger partial charge in [0.25, 0.3) is 5.91 Å². The lowest BCUT2D eigenvalue weighted by Crippen LogP contribution is -2.15. The molecule has 0 aliphatic rings. The zero-order valence-corrected chi connectivity index (χ0v) is 14.8. The van der Waals surface area contributed by atoms with Crippen LogP contribution in [0.5, 0.6) is 11.5 Å². The van der Waals surface area contributed by atoms with Crippen LogP contribution in [-0.4, -0.2) is 30.1 Å². The van der Waals surface area contributed by atoms with Crippen LogP contribution in [0.3, 0.4) is 0 Å². The van der Waals surface area contributed by atoms with E-state index in [0.29, 0.717) is 34.3 Å². The normalized spacial score (nSPS) is 10.3. The number of rotatable bonds is 5. The van der Waals surface area contributed by atoms with Crippen LogP contribution in [0.25, 0.3) is 11.4 Å². The van der Waals surface area contributed by atoms with E-state index in [9.17, 15) is 4.79 Å². The summed E-state index contributed by atoms with van der Waals surface area (Å²) in [4.78, 5) is 21.4. The first kappa shape index (κ1) is 17.4. The number of aryl methyl sites for hydroxylation is 1. The molecular weight excluding hydrogens is 330 g/mol. The average molecular weight is 349 g/mol. The molecule has 26 heavy (non-hydrogen) atoms. The van der Waals surface area contributed by atoms with Crippen LogP contribution in [0, 0.1) is 6.92 Å². The van der Waals surface area contributed by atoms with Crippen LogP contribution in [0.1, 0.15) is 16.1 Å². The number of carbonyl (C=O) groups excluding carboxylic acids is 1. The minimum absolute atomic E-state index is 0.311. The van der Waals surface area contributed by atoms with Gasteiger partial charge < -0.3 is 14.8 Å². The number of ether oxygens (including phenoxy) is 2. The van der Waals surface area contributed by atoms with Gasteiger partial charge in [0.05, 0.1) is 31.2 Å². The quantitative estimate of drug-likeness (QED) is 0.760. The molecule has 0 aliphatic carbocycles. The molecule has 0 bridgehead atoms. The number of nitrogens with zero attached hydrogens (tertiary/aromatic N) is 2. The second kappa shape index (κ2) is 7.65. The number of anilines is 1. The molecule has 0 fully saturated rings. The van der Waals surface area contributed by atoms with Gasteiger partial charge in [-0.15, -0.1) is 0 Å². The van der Waals surface area contributed by atoms with Crippen molar-refractivity contribution < 1.29 is 14.3 Å². The fraction of sp³-hybridized carbons (Fsp3) is 0.150. The first-order chi connectivity index (χ1) is 12.6. The van der Waals surface area contributed by atoms with E-state index in [4.69, 9.17) is 9.47 Å². The van der Waals surface area contributed by atoms with Crippen molar-refractivity contribution in [3.63, 3.8) is 0 Å². The molecule has 3 rings (SSSR count). The third-order valence-corrected chi connectivity index (χ3v) is 3.91. The summed E-state index contributed by atoms with van der Waals surface area (Å²) in [6, 6.07) is 14.8. The Balaban J connectivity index is 1.87. The van der Waals surface area contributed by atoms with Crippen LogP contribution in [0.15, 0.2) is 54.7 Å². The van der Waals surface area contributed by atoms with E-state index in [-0.39, 0.29) is 5.91 Å². The van der Waals surface area contributed by atoms with E-state index in [1.54, 1.807) is 39.3 Å². The average Bonchev–Trinajstić information content (AvgIpc) is 2.68. The summed E-state index contributed by atoms with van der Waals surface area (Å²) in [6.07, 6.45) is 1.53. The summed E-state index contributed by atoms with van der Waals surface area (Å²) >= 11 is 0. The van der Waals surface area contributed by atoms with Crippen molar-refractivity contribution >= 4 is 11.6 Å².